The van der Waals surface area contributed by atoms with Crippen LogP contribution in [0.4, 0.5) is 21.6 Å². The van der Waals surface area contributed by atoms with Crippen LogP contribution in [0.3, 0.4) is 0 Å². The second kappa shape index (κ2) is 5.75. The molecule has 1 aromatic heterocycles. The van der Waals surface area contributed by atoms with Gasteiger partial charge in [-0.3, -0.25) is 0 Å². The molecule has 104 valence electrons. The third-order valence-corrected chi connectivity index (χ3v) is 2.89. The summed E-state index contributed by atoms with van der Waals surface area (Å²) in [4.78, 5) is 15.5. The van der Waals surface area contributed by atoms with E-state index in [0.29, 0.717) is 0 Å². The largest absolute Gasteiger partial charge is 0.465 e. The highest BCUT2D eigenvalue weighted by atomic mass is 35.5. The van der Waals surface area contributed by atoms with Crippen LogP contribution >= 0.6 is 11.6 Å². The van der Waals surface area contributed by atoms with Gasteiger partial charge in [0.25, 0.3) is 0 Å². The number of nitrogens with zero attached hydrogens (tertiary/aromatic N) is 1. The normalized spacial score (nSPS) is 10.2. The Hall–Kier alpha value is -2.34. The molecule has 0 spiro atoms. The summed E-state index contributed by atoms with van der Waals surface area (Å²) in [5.74, 6) is -1.08. The smallest absolute Gasteiger partial charge is 0.340 e. The summed E-state index contributed by atoms with van der Waals surface area (Å²) in [5, 5.41) is 2.67. The highest BCUT2D eigenvalue weighted by molar-refractivity contribution is 6.31. The first kappa shape index (κ1) is 14.1. The van der Waals surface area contributed by atoms with Gasteiger partial charge >= 0.3 is 5.97 Å². The van der Waals surface area contributed by atoms with Gasteiger partial charge in [-0.1, -0.05) is 17.7 Å². The molecule has 0 saturated carbocycles. The highest BCUT2D eigenvalue weighted by Gasteiger charge is 2.15. The fourth-order valence-corrected chi connectivity index (χ4v) is 1.76. The van der Waals surface area contributed by atoms with Gasteiger partial charge in [-0.05, 0) is 18.2 Å². The summed E-state index contributed by atoms with van der Waals surface area (Å²) in [6, 6.07) is 5.89. The molecule has 2 aromatic rings. The van der Waals surface area contributed by atoms with E-state index in [1.54, 1.807) is 6.07 Å². The molecule has 20 heavy (non-hydrogen) atoms. The fourth-order valence-electron chi connectivity index (χ4n) is 1.59. The Balaban J connectivity index is 2.39. The predicted octanol–water partition coefficient (Wildman–Crippen LogP) is 2.99. The molecule has 0 saturated heterocycles. The Morgan fingerprint density at radius 2 is 2.20 bits per heavy atom. The zero-order chi connectivity index (χ0) is 14.7. The Bertz CT molecular complexity index is 664. The van der Waals surface area contributed by atoms with Crippen LogP contribution in [0.1, 0.15) is 10.4 Å². The number of nitrogen functional groups attached to an aromatic ring is 1. The number of benzene rings is 1. The molecule has 3 N–H and O–H groups in total. The molecule has 0 radical (unpaired) electrons. The van der Waals surface area contributed by atoms with Gasteiger partial charge in [-0.25, -0.2) is 14.2 Å². The van der Waals surface area contributed by atoms with E-state index < -0.39 is 11.8 Å². The quantitative estimate of drug-likeness (QED) is 0.851. The number of rotatable bonds is 3. The van der Waals surface area contributed by atoms with Gasteiger partial charge in [0.15, 0.2) is 11.6 Å². The first-order valence-electron chi connectivity index (χ1n) is 5.58. The maximum atomic E-state index is 13.8. The van der Waals surface area contributed by atoms with Crippen LogP contribution in [0.2, 0.25) is 5.02 Å². The molecule has 0 atom stereocenters. The zero-order valence-corrected chi connectivity index (χ0v) is 11.2. The number of methoxy groups -OCH3 is 1. The van der Waals surface area contributed by atoms with Crippen molar-refractivity contribution in [2.45, 2.75) is 0 Å². The third-order valence-electron chi connectivity index (χ3n) is 2.60. The Morgan fingerprint density at radius 1 is 1.45 bits per heavy atom. The minimum Gasteiger partial charge on any atom is -0.465 e. The first-order chi connectivity index (χ1) is 9.54. The zero-order valence-electron chi connectivity index (χ0n) is 10.5. The Kier molecular flexibility index (Phi) is 4.05. The van der Waals surface area contributed by atoms with Crippen LogP contribution in [0.5, 0.6) is 0 Å². The standard InChI is InChI=1S/C13H11ClFN3O2/c1-20-13(19)7-5-6-17-12(11(7)16)18-9-4-2-3-8(14)10(9)15/h2-6H,16H2,1H3,(H,17,18). The molecule has 0 aliphatic heterocycles. The number of hydrogen-bond donors (Lipinski definition) is 2. The first-order valence-corrected chi connectivity index (χ1v) is 5.96. The molecule has 5 nitrogen and oxygen atoms in total. The average molecular weight is 296 g/mol. The van der Waals surface area contributed by atoms with E-state index in [0.717, 1.165) is 0 Å². The lowest BCUT2D eigenvalue weighted by Crippen LogP contribution is -2.09. The molecule has 1 heterocycles. The summed E-state index contributed by atoms with van der Waals surface area (Å²) in [6.45, 7) is 0. The van der Waals surface area contributed by atoms with Crippen LogP contribution in [0, 0.1) is 5.82 Å². The third kappa shape index (κ3) is 2.65. The minimum absolute atomic E-state index is 0.0299. The maximum absolute atomic E-state index is 13.8. The summed E-state index contributed by atoms with van der Waals surface area (Å²) in [7, 11) is 1.24. The van der Waals surface area contributed by atoms with Crippen molar-refractivity contribution in [1.29, 1.82) is 0 Å². The van der Waals surface area contributed by atoms with E-state index in [4.69, 9.17) is 17.3 Å². The molecule has 7 heteroatoms. The molecule has 0 bridgehead atoms. The molecule has 0 fully saturated rings. The monoisotopic (exact) mass is 295 g/mol. The number of anilines is 3. The topological polar surface area (TPSA) is 77.2 Å². The van der Waals surface area contributed by atoms with Gasteiger partial charge in [0, 0.05) is 6.20 Å². The Labute approximate surface area is 119 Å². The number of aromatic nitrogens is 1. The van der Waals surface area contributed by atoms with E-state index in [-0.39, 0.29) is 27.8 Å². The van der Waals surface area contributed by atoms with E-state index >= 15 is 0 Å². The number of nitrogens with two attached hydrogens (primary N) is 1. The minimum atomic E-state index is -0.626. The fraction of sp³-hybridized carbons (Fsp3) is 0.0769. The van der Waals surface area contributed by atoms with Crippen molar-refractivity contribution >= 4 is 34.8 Å². The number of nitrogens with one attached hydrogen (secondary N) is 1. The highest BCUT2D eigenvalue weighted by Crippen LogP contribution is 2.28. The number of esters is 1. The predicted molar refractivity (Wildman–Crippen MR) is 74.7 cm³/mol. The van der Waals surface area contributed by atoms with Crippen LogP contribution in [-0.2, 0) is 4.74 Å². The van der Waals surface area contributed by atoms with E-state index in [2.05, 4.69) is 15.0 Å². The van der Waals surface area contributed by atoms with E-state index in [9.17, 15) is 9.18 Å². The number of carbonyl (C=O) groups excluding carboxylic acids is 1. The van der Waals surface area contributed by atoms with Crippen LogP contribution in [-0.4, -0.2) is 18.1 Å². The van der Waals surface area contributed by atoms with Crippen molar-refractivity contribution < 1.29 is 13.9 Å². The maximum Gasteiger partial charge on any atom is 0.340 e. The summed E-state index contributed by atoms with van der Waals surface area (Å²) < 4.78 is 18.4. The van der Waals surface area contributed by atoms with E-state index in [1.807, 2.05) is 0 Å². The Morgan fingerprint density at radius 3 is 2.90 bits per heavy atom. The van der Waals surface area contributed by atoms with Gasteiger partial charge in [-0.2, -0.15) is 0 Å². The van der Waals surface area contributed by atoms with Gasteiger partial charge < -0.3 is 15.8 Å². The molecule has 0 aliphatic carbocycles. The second-order valence-corrected chi connectivity index (χ2v) is 4.25. The molecular formula is C13H11ClFN3O2. The van der Waals surface area contributed by atoms with Crippen molar-refractivity contribution in [3.05, 3.63) is 46.9 Å². The van der Waals surface area contributed by atoms with Gasteiger partial charge in [-0.15, -0.1) is 0 Å². The van der Waals surface area contributed by atoms with Crippen molar-refractivity contribution in [2.24, 2.45) is 0 Å². The number of ether oxygens (including phenoxy) is 1. The molecular weight excluding hydrogens is 285 g/mol. The molecule has 1 aromatic carbocycles. The van der Waals surface area contributed by atoms with Crippen molar-refractivity contribution in [3.8, 4) is 0 Å². The van der Waals surface area contributed by atoms with E-state index in [1.165, 1.54) is 31.5 Å². The molecule has 2 rings (SSSR count). The second-order valence-electron chi connectivity index (χ2n) is 3.84. The summed E-state index contributed by atoms with van der Waals surface area (Å²) in [5.41, 5.74) is 6.14. The van der Waals surface area contributed by atoms with Crippen molar-refractivity contribution in [2.75, 3.05) is 18.2 Å². The van der Waals surface area contributed by atoms with Gasteiger partial charge in [0.05, 0.1) is 29.1 Å². The molecule has 0 aliphatic rings. The number of hydrogen-bond acceptors (Lipinski definition) is 5. The van der Waals surface area contributed by atoms with Crippen LogP contribution in [0.25, 0.3) is 0 Å². The number of carbonyl (C=O) groups is 1. The number of pyridine rings is 1. The van der Waals surface area contributed by atoms with Crippen LogP contribution < -0.4 is 11.1 Å². The average Bonchev–Trinajstić information content (AvgIpc) is 2.45. The summed E-state index contributed by atoms with van der Waals surface area (Å²) >= 11 is 5.68. The van der Waals surface area contributed by atoms with Gasteiger partial charge in [0.1, 0.15) is 0 Å². The lowest BCUT2D eigenvalue weighted by molar-refractivity contribution is 0.0602. The molecule has 0 amide bonds. The van der Waals surface area contributed by atoms with Crippen molar-refractivity contribution in [1.82, 2.24) is 4.98 Å². The lowest BCUT2D eigenvalue weighted by atomic mass is 10.2. The van der Waals surface area contributed by atoms with Crippen LogP contribution in [0.15, 0.2) is 30.5 Å². The number of halogens is 2. The SMILES string of the molecule is COC(=O)c1ccnc(Nc2cccc(Cl)c2F)c1N. The summed E-state index contributed by atoms with van der Waals surface area (Å²) in [6.07, 6.45) is 1.37. The lowest BCUT2D eigenvalue weighted by Gasteiger charge is -2.11. The molecule has 0 unspecified atom stereocenters. The van der Waals surface area contributed by atoms with Gasteiger partial charge in [0.2, 0.25) is 0 Å². The van der Waals surface area contributed by atoms with Crippen molar-refractivity contribution in [3.63, 3.8) is 0 Å².